The normalized spacial score (nSPS) is 26.4. The topological polar surface area (TPSA) is 140 Å². The van der Waals surface area contributed by atoms with E-state index in [0.717, 1.165) is 6.07 Å². The maximum Gasteiger partial charge on any atom is 1.00 e. The molecular weight excluding hydrogens is 398 g/mol. The number of carbonyl (C=O) groups excluding carboxylic acids is 1. The first-order valence-electron chi connectivity index (χ1n) is 8.40. The van der Waals surface area contributed by atoms with Crippen LogP contribution in [0.1, 0.15) is 10.4 Å². The molecule has 0 aliphatic carbocycles. The van der Waals surface area contributed by atoms with Crippen LogP contribution in [0.3, 0.4) is 0 Å². The molecule has 0 unspecified atom stereocenters. The summed E-state index contributed by atoms with van der Waals surface area (Å²) in [5.74, 6) is -2.39. The molecule has 1 aliphatic rings. The fraction of sp³-hybridized carbons (Fsp3) is 0.316. The van der Waals surface area contributed by atoms with Gasteiger partial charge in [0.05, 0.1) is 12.6 Å². The Labute approximate surface area is 187 Å². The molecule has 1 aliphatic heterocycles. The first kappa shape index (κ1) is 23.7. The van der Waals surface area contributed by atoms with Crippen molar-refractivity contribution < 1.29 is 73.7 Å². The second-order valence-electron chi connectivity index (χ2n) is 6.33. The minimum Gasteiger partial charge on any atom is -0.545 e. The third-order valence-electron chi connectivity index (χ3n) is 4.48. The average molecular weight is 416 g/mol. The van der Waals surface area contributed by atoms with Crippen LogP contribution in [-0.2, 0) is 4.74 Å². The fourth-order valence-corrected chi connectivity index (χ4v) is 2.86. The van der Waals surface area contributed by atoms with E-state index < -0.39 is 49.1 Å². The molecule has 0 spiro atoms. The van der Waals surface area contributed by atoms with Crippen LogP contribution >= 0.6 is 0 Å². The standard InChI is InChI=1S/C19H19FO8.Na/c20-12-7-11(9-1-3-10(4-2-9)18(25)26)5-6-13(12)27-19-17(24)16(23)15(22)14(8-21)28-19;/h1-7,14-17,19,21-24H,8H2,(H,25,26);/q;+1/p-1/t14-,15-,16+,17+,19+;/m1./s1. The summed E-state index contributed by atoms with van der Waals surface area (Å²) < 4.78 is 24.9. The Kier molecular flexibility index (Phi) is 8.15. The van der Waals surface area contributed by atoms with Crippen molar-refractivity contribution in [3.8, 4) is 16.9 Å². The van der Waals surface area contributed by atoms with Crippen LogP contribution in [0.25, 0.3) is 11.1 Å². The van der Waals surface area contributed by atoms with E-state index in [9.17, 15) is 34.7 Å². The molecular formula is C19H18FNaO8. The van der Waals surface area contributed by atoms with Crippen molar-refractivity contribution >= 4 is 5.97 Å². The number of hydrogen-bond acceptors (Lipinski definition) is 8. The molecule has 150 valence electrons. The van der Waals surface area contributed by atoms with Crippen molar-refractivity contribution in [3.63, 3.8) is 0 Å². The summed E-state index contributed by atoms with van der Waals surface area (Å²) in [6.07, 6.45) is -7.52. The quantitative estimate of drug-likeness (QED) is 0.362. The predicted octanol–water partition coefficient (Wildman–Crippen LogP) is -3.96. The fourth-order valence-electron chi connectivity index (χ4n) is 2.86. The monoisotopic (exact) mass is 416 g/mol. The van der Waals surface area contributed by atoms with E-state index in [0.29, 0.717) is 11.1 Å². The van der Waals surface area contributed by atoms with Gasteiger partial charge in [0.25, 0.3) is 0 Å². The molecule has 1 heterocycles. The molecule has 0 saturated carbocycles. The molecule has 29 heavy (non-hydrogen) atoms. The number of benzene rings is 2. The van der Waals surface area contributed by atoms with Gasteiger partial charge in [-0.2, -0.15) is 0 Å². The van der Waals surface area contributed by atoms with Crippen molar-refractivity contribution in [3.05, 3.63) is 53.8 Å². The number of ether oxygens (including phenoxy) is 2. The molecule has 10 heteroatoms. The maximum absolute atomic E-state index is 14.5. The van der Waals surface area contributed by atoms with Gasteiger partial charge in [-0.05, 0) is 28.8 Å². The van der Waals surface area contributed by atoms with E-state index in [1.165, 1.54) is 36.4 Å². The minimum absolute atomic E-state index is 0. The van der Waals surface area contributed by atoms with Crippen molar-refractivity contribution in [2.24, 2.45) is 0 Å². The molecule has 3 rings (SSSR count). The van der Waals surface area contributed by atoms with Gasteiger partial charge in [-0.15, -0.1) is 0 Å². The van der Waals surface area contributed by atoms with Crippen LogP contribution in [0, 0.1) is 5.82 Å². The van der Waals surface area contributed by atoms with E-state index in [1.54, 1.807) is 0 Å². The Hall–Kier alpha value is -1.56. The number of aliphatic hydroxyl groups excluding tert-OH is 4. The molecule has 1 saturated heterocycles. The molecule has 4 N–H and O–H groups in total. The number of aromatic carboxylic acids is 1. The zero-order valence-corrected chi connectivity index (χ0v) is 17.4. The summed E-state index contributed by atoms with van der Waals surface area (Å²) in [5.41, 5.74) is 0.999. The summed E-state index contributed by atoms with van der Waals surface area (Å²) in [6, 6.07) is 9.60. The summed E-state index contributed by atoms with van der Waals surface area (Å²) in [6.45, 7) is -0.631. The van der Waals surface area contributed by atoms with Gasteiger partial charge in [-0.3, -0.25) is 0 Å². The Balaban J connectivity index is 0.00000300. The Morgan fingerprint density at radius 3 is 2.21 bits per heavy atom. The van der Waals surface area contributed by atoms with Gasteiger partial charge in [0.1, 0.15) is 24.4 Å². The Bertz CT molecular complexity index is 845. The molecule has 0 amide bonds. The van der Waals surface area contributed by atoms with Crippen LogP contribution in [-0.4, -0.2) is 63.7 Å². The molecule has 2 aromatic carbocycles. The molecule has 0 radical (unpaired) electrons. The van der Waals surface area contributed by atoms with Gasteiger partial charge in [-0.25, -0.2) is 4.39 Å². The first-order valence-corrected chi connectivity index (χ1v) is 8.40. The van der Waals surface area contributed by atoms with Gasteiger partial charge >= 0.3 is 29.6 Å². The second-order valence-corrected chi connectivity index (χ2v) is 6.33. The van der Waals surface area contributed by atoms with Crippen molar-refractivity contribution in [1.82, 2.24) is 0 Å². The largest absolute Gasteiger partial charge is 1.00 e. The number of hydrogen-bond donors (Lipinski definition) is 4. The summed E-state index contributed by atoms with van der Waals surface area (Å²) in [7, 11) is 0. The maximum atomic E-state index is 14.5. The van der Waals surface area contributed by atoms with Crippen LogP contribution in [0.2, 0.25) is 0 Å². The Morgan fingerprint density at radius 2 is 1.66 bits per heavy atom. The first-order chi connectivity index (χ1) is 13.3. The average Bonchev–Trinajstić information content (AvgIpc) is 2.69. The predicted molar refractivity (Wildman–Crippen MR) is 90.6 cm³/mol. The molecule has 8 nitrogen and oxygen atoms in total. The van der Waals surface area contributed by atoms with Gasteiger partial charge < -0.3 is 39.8 Å². The van der Waals surface area contributed by atoms with Crippen LogP contribution in [0.5, 0.6) is 5.75 Å². The van der Waals surface area contributed by atoms with Crippen molar-refractivity contribution in [2.45, 2.75) is 30.7 Å². The van der Waals surface area contributed by atoms with E-state index in [1.807, 2.05) is 0 Å². The van der Waals surface area contributed by atoms with Gasteiger partial charge in [-0.1, -0.05) is 30.3 Å². The molecule has 5 atom stereocenters. The third-order valence-corrected chi connectivity index (χ3v) is 4.48. The van der Waals surface area contributed by atoms with Crippen molar-refractivity contribution in [1.29, 1.82) is 0 Å². The summed E-state index contributed by atoms with van der Waals surface area (Å²) >= 11 is 0. The number of aliphatic hydroxyl groups is 4. The third kappa shape index (κ3) is 5.14. The van der Waals surface area contributed by atoms with Gasteiger partial charge in [0, 0.05) is 0 Å². The van der Waals surface area contributed by atoms with Crippen molar-refractivity contribution in [2.75, 3.05) is 6.61 Å². The number of carboxylic acids is 1. The molecule has 1 fully saturated rings. The summed E-state index contributed by atoms with van der Waals surface area (Å²) in [4.78, 5) is 10.8. The number of carboxylic acid groups (broad SMARTS) is 1. The van der Waals surface area contributed by atoms with E-state index in [4.69, 9.17) is 9.47 Å². The number of halogens is 1. The van der Waals surface area contributed by atoms with Gasteiger partial charge in [0.2, 0.25) is 6.29 Å². The SMILES string of the molecule is O=C([O-])c1ccc(-c2ccc(O[C@H]3O[C@H](CO)[C@@H](O)[C@H](O)[C@@H]3O)c(F)c2)cc1.[Na+]. The van der Waals surface area contributed by atoms with Crippen LogP contribution in [0.4, 0.5) is 4.39 Å². The zero-order chi connectivity index (χ0) is 20.4. The molecule has 2 aromatic rings. The number of carbonyl (C=O) groups is 1. The molecule has 0 aromatic heterocycles. The van der Waals surface area contributed by atoms with E-state index >= 15 is 0 Å². The zero-order valence-electron chi connectivity index (χ0n) is 15.4. The summed E-state index contributed by atoms with van der Waals surface area (Å²) in [5, 5.41) is 49.4. The second kappa shape index (κ2) is 9.96. The van der Waals surface area contributed by atoms with E-state index in [2.05, 4.69) is 0 Å². The Morgan fingerprint density at radius 1 is 1.03 bits per heavy atom. The van der Waals surface area contributed by atoms with E-state index in [-0.39, 0.29) is 40.9 Å². The van der Waals surface area contributed by atoms with Crippen LogP contribution < -0.4 is 39.4 Å². The smallest absolute Gasteiger partial charge is 0.545 e. The molecule has 0 bridgehead atoms. The van der Waals surface area contributed by atoms with Crippen LogP contribution in [0.15, 0.2) is 42.5 Å². The minimum atomic E-state index is -1.66. The van der Waals surface area contributed by atoms with Gasteiger partial charge in [0.15, 0.2) is 11.6 Å². The number of rotatable bonds is 5.